The molecule has 0 spiro atoms. The van der Waals surface area contributed by atoms with E-state index in [1.807, 2.05) is 0 Å². The van der Waals surface area contributed by atoms with Crippen molar-refractivity contribution in [3.8, 4) is 0 Å². The van der Waals surface area contributed by atoms with E-state index in [2.05, 4.69) is 15.9 Å². The van der Waals surface area contributed by atoms with Gasteiger partial charge in [-0.15, -0.1) is 0 Å². The highest BCUT2D eigenvalue weighted by atomic mass is 79.9. The molecule has 0 aliphatic rings. The van der Waals surface area contributed by atoms with E-state index in [9.17, 15) is 8.78 Å². The Balaban J connectivity index is 3.05. The summed E-state index contributed by atoms with van der Waals surface area (Å²) in [5.41, 5.74) is 0.713. The fourth-order valence-electron chi connectivity index (χ4n) is 1.23. The zero-order valence-corrected chi connectivity index (χ0v) is 9.31. The largest absolute Gasteiger partial charge is 0.396 e. The molecule has 0 amide bonds. The Bertz CT molecular complexity index is 306. The van der Waals surface area contributed by atoms with Gasteiger partial charge in [0.1, 0.15) is 0 Å². The topological polar surface area (TPSA) is 20.2 Å². The molecule has 14 heavy (non-hydrogen) atoms. The molecule has 0 atom stereocenters. The average Bonchev–Trinajstić information content (AvgIpc) is 2.02. The second-order valence-corrected chi connectivity index (χ2v) is 4.11. The number of aryl methyl sites for hydroxylation is 1. The normalized spacial score (nSPS) is 11.8. The highest BCUT2D eigenvalue weighted by Gasteiger charge is 2.30. The maximum absolute atomic E-state index is 13.3. The first kappa shape index (κ1) is 11.6. The number of hydrogen-bond donors (Lipinski definition) is 1. The van der Waals surface area contributed by atoms with Gasteiger partial charge >= 0.3 is 0 Å². The van der Waals surface area contributed by atoms with Gasteiger partial charge in [-0.05, 0) is 24.6 Å². The van der Waals surface area contributed by atoms with E-state index in [0.717, 1.165) is 5.56 Å². The van der Waals surface area contributed by atoms with Crippen molar-refractivity contribution >= 4 is 15.9 Å². The zero-order chi connectivity index (χ0) is 10.8. The third kappa shape index (κ3) is 2.75. The molecule has 0 saturated heterocycles. The van der Waals surface area contributed by atoms with E-state index in [4.69, 9.17) is 5.11 Å². The summed E-state index contributed by atoms with van der Waals surface area (Å²) in [6.07, 6.45) is -0.539. The van der Waals surface area contributed by atoms with E-state index in [0.29, 0.717) is 4.47 Å². The van der Waals surface area contributed by atoms with Crippen molar-refractivity contribution in [3.63, 3.8) is 0 Å². The van der Waals surface area contributed by atoms with Gasteiger partial charge in [0.2, 0.25) is 0 Å². The van der Waals surface area contributed by atoms with Crippen LogP contribution in [0.5, 0.6) is 0 Å². The van der Waals surface area contributed by atoms with Crippen LogP contribution in [0.25, 0.3) is 0 Å². The summed E-state index contributed by atoms with van der Waals surface area (Å²) < 4.78 is 27.3. The lowest BCUT2D eigenvalue weighted by atomic mass is 10.0. The van der Waals surface area contributed by atoms with Gasteiger partial charge in [0.05, 0.1) is 0 Å². The molecule has 1 aromatic rings. The van der Waals surface area contributed by atoms with Crippen LogP contribution in [-0.4, -0.2) is 11.7 Å². The van der Waals surface area contributed by atoms with Crippen LogP contribution in [0.2, 0.25) is 0 Å². The molecule has 1 nitrogen and oxygen atoms in total. The van der Waals surface area contributed by atoms with Crippen molar-refractivity contribution in [1.29, 1.82) is 0 Å². The molecule has 1 rings (SSSR count). The molecule has 0 aliphatic carbocycles. The van der Waals surface area contributed by atoms with E-state index >= 15 is 0 Å². The van der Waals surface area contributed by atoms with E-state index in [1.165, 1.54) is 12.1 Å². The number of alkyl halides is 2. The Kier molecular flexibility index (Phi) is 3.61. The van der Waals surface area contributed by atoms with Crippen molar-refractivity contribution in [2.45, 2.75) is 19.3 Å². The van der Waals surface area contributed by atoms with Gasteiger partial charge in [0.15, 0.2) is 0 Å². The van der Waals surface area contributed by atoms with Crippen molar-refractivity contribution in [3.05, 3.63) is 33.8 Å². The molecule has 0 fully saturated rings. The first-order valence-electron chi connectivity index (χ1n) is 4.22. The molecule has 0 saturated carbocycles. The number of aliphatic hydroxyl groups excluding tert-OH is 1. The highest BCUT2D eigenvalue weighted by Crippen LogP contribution is 2.33. The molecule has 0 bridgehead atoms. The lowest BCUT2D eigenvalue weighted by molar-refractivity contribution is -0.0270. The third-order valence-corrected chi connectivity index (χ3v) is 2.35. The molecule has 0 aliphatic heterocycles. The van der Waals surface area contributed by atoms with Crippen LogP contribution in [0.1, 0.15) is 17.5 Å². The Hall–Kier alpha value is -0.480. The van der Waals surface area contributed by atoms with E-state index < -0.39 is 19.0 Å². The van der Waals surface area contributed by atoms with Crippen LogP contribution < -0.4 is 0 Å². The predicted octanol–water partition coefficient (Wildman–Crippen LogP) is 3.23. The second kappa shape index (κ2) is 4.36. The lowest BCUT2D eigenvalue weighted by Crippen LogP contribution is -2.15. The van der Waals surface area contributed by atoms with Crippen LogP contribution in [0.4, 0.5) is 8.78 Å². The summed E-state index contributed by atoms with van der Waals surface area (Å²) in [4.78, 5) is 0. The minimum absolute atomic E-state index is 0.0570. The van der Waals surface area contributed by atoms with Crippen molar-refractivity contribution in [2.75, 3.05) is 6.61 Å². The molecule has 0 radical (unpaired) electrons. The van der Waals surface area contributed by atoms with Crippen molar-refractivity contribution in [2.24, 2.45) is 0 Å². The Morgan fingerprint density at radius 3 is 2.50 bits per heavy atom. The smallest absolute Gasteiger partial charge is 0.275 e. The Morgan fingerprint density at radius 2 is 2.00 bits per heavy atom. The molecule has 1 aromatic carbocycles. The molecule has 0 unspecified atom stereocenters. The number of halogens is 3. The van der Waals surface area contributed by atoms with Crippen LogP contribution in [0.15, 0.2) is 22.7 Å². The van der Waals surface area contributed by atoms with Crippen LogP contribution in [0.3, 0.4) is 0 Å². The van der Waals surface area contributed by atoms with Gasteiger partial charge in [-0.2, -0.15) is 0 Å². The summed E-state index contributed by atoms with van der Waals surface area (Å²) in [7, 11) is 0. The predicted molar refractivity (Wildman–Crippen MR) is 54.5 cm³/mol. The number of aliphatic hydroxyl groups is 1. The number of benzene rings is 1. The first-order chi connectivity index (χ1) is 6.45. The van der Waals surface area contributed by atoms with Gasteiger partial charge in [-0.1, -0.05) is 22.0 Å². The molecule has 78 valence electrons. The minimum atomic E-state index is -2.96. The quantitative estimate of drug-likeness (QED) is 0.889. The lowest BCUT2D eigenvalue weighted by Gasteiger charge is -2.16. The van der Waals surface area contributed by atoms with Crippen LogP contribution in [-0.2, 0) is 5.92 Å². The highest BCUT2D eigenvalue weighted by molar-refractivity contribution is 9.10. The Morgan fingerprint density at radius 1 is 1.36 bits per heavy atom. The fraction of sp³-hybridized carbons (Fsp3) is 0.400. The summed E-state index contributed by atoms with van der Waals surface area (Å²) in [6, 6.07) is 4.57. The molecular formula is C10H11BrF2O. The van der Waals surface area contributed by atoms with Gasteiger partial charge in [-0.3, -0.25) is 0 Å². The monoisotopic (exact) mass is 264 g/mol. The van der Waals surface area contributed by atoms with Gasteiger partial charge in [0, 0.05) is 23.1 Å². The van der Waals surface area contributed by atoms with Crippen molar-refractivity contribution in [1.82, 2.24) is 0 Å². The summed E-state index contributed by atoms with van der Waals surface area (Å²) >= 11 is 3.16. The summed E-state index contributed by atoms with van der Waals surface area (Å²) in [6.45, 7) is 1.24. The van der Waals surface area contributed by atoms with Crippen molar-refractivity contribution < 1.29 is 13.9 Å². The SMILES string of the molecule is Cc1cc(Br)cc(C(F)(F)CCO)c1. The second-order valence-electron chi connectivity index (χ2n) is 3.20. The maximum Gasteiger partial charge on any atom is 0.275 e. The van der Waals surface area contributed by atoms with Gasteiger partial charge < -0.3 is 5.11 Å². The summed E-state index contributed by atoms with van der Waals surface area (Å²) in [5.74, 6) is -2.96. The van der Waals surface area contributed by atoms with Crippen LogP contribution in [0, 0.1) is 6.92 Å². The molecule has 0 aromatic heterocycles. The average molecular weight is 265 g/mol. The molecule has 0 heterocycles. The zero-order valence-electron chi connectivity index (χ0n) is 7.73. The standard InChI is InChI=1S/C10H11BrF2O/c1-7-4-8(6-9(11)5-7)10(12,13)2-3-14/h4-6,14H,2-3H2,1H3. The summed E-state index contributed by atoms with van der Waals surface area (Å²) in [5, 5.41) is 8.51. The van der Waals surface area contributed by atoms with Crippen LogP contribution >= 0.6 is 15.9 Å². The molecule has 4 heteroatoms. The first-order valence-corrected chi connectivity index (χ1v) is 5.01. The van der Waals surface area contributed by atoms with Gasteiger partial charge in [0.25, 0.3) is 5.92 Å². The van der Waals surface area contributed by atoms with E-state index in [-0.39, 0.29) is 5.56 Å². The number of rotatable bonds is 3. The maximum atomic E-state index is 13.3. The van der Waals surface area contributed by atoms with Gasteiger partial charge in [-0.25, -0.2) is 8.78 Å². The minimum Gasteiger partial charge on any atom is -0.396 e. The third-order valence-electron chi connectivity index (χ3n) is 1.89. The van der Waals surface area contributed by atoms with E-state index in [1.54, 1.807) is 13.0 Å². The number of hydrogen-bond acceptors (Lipinski definition) is 1. The molecule has 1 N–H and O–H groups in total. The fourth-order valence-corrected chi connectivity index (χ4v) is 1.84. The molecular weight excluding hydrogens is 254 g/mol. The Labute approximate surface area is 89.9 Å².